The first-order chi connectivity index (χ1) is 12.3. The molecule has 1 aromatic heterocycles. The van der Waals surface area contributed by atoms with Crippen molar-refractivity contribution in [3.63, 3.8) is 0 Å². The SMILES string of the molecule is COc1ccc(C2CNCCN2Cc2nc3ccccc3n2C)cc1. The van der Waals surface area contributed by atoms with E-state index in [1.807, 2.05) is 18.2 Å². The molecule has 1 N–H and O–H groups in total. The number of nitrogens with zero attached hydrogens (tertiary/aromatic N) is 3. The molecule has 1 aliphatic rings. The molecule has 25 heavy (non-hydrogen) atoms. The van der Waals surface area contributed by atoms with Gasteiger partial charge >= 0.3 is 0 Å². The fourth-order valence-corrected chi connectivity index (χ4v) is 3.61. The van der Waals surface area contributed by atoms with E-state index in [0.29, 0.717) is 6.04 Å². The predicted molar refractivity (Wildman–Crippen MR) is 99.7 cm³/mol. The van der Waals surface area contributed by atoms with Crippen LogP contribution in [0.4, 0.5) is 0 Å². The molecule has 5 heteroatoms. The Kier molecular flexibility index (Phi) is 4.42. The number of hydrogen-bond donors (Lipinski definition) is 1. The van der Waals surface area contributed by atoms with E-state index in [-0.39, 0.29) is 0 Å². The lowest BCUT2D eigenvalue weighted by atomic mass is 10.0. The Hall–Kier alpha value is -2.37. The maximum Gasteiger partial charge on any atom is 0.123 e. The van der Waals surface area contributed by atoms with E-state index in [2.05, 4.69) is 52.2 Å². The highest BCUT2D eigenvalue weighted by molar-refractivity contribution is 5.75. The highest BCUT2D eigenvalue weighted by Crippen LogP contribution is 2.26. The number of piperazine rings is 1. The summed E-state index contributed by atoms with van der Waals surface area (Å²) in [6, 6.07) is 17.1. The van der Waals surface area contributed by atoms with Crippen LogP contribution in [0.3, 0.4) is 0 Å². The van der Waals surface area contributed by atoms with Crippen LogP contribution in [0.1, 0.15) is 17.4 Å². The minimum Gasteiger partial charge on any atom is -0.497 e. The van der Waals surface area contributed by atoms with E-state index in [4.69, 9.17) is 9.72 Å². The minimum absolute atomic E-state index is 0.347. The molecule has 0 amide bonds. The summed E-state index contributed by atoms with van der Waals surface area (Å²) in [5.41, 5.74) is 3.57. The van der Waals surface area contributed by atoms with Crippen LogP contribution in [0.15, 0.2) is 48.5 Å². The summed E-state index contributed by atoms with van der Waals surface area (Å²) in [5, 5.41) is 3.52. The maximum atomic E-state index is 5.29. The van der Waals surface area contributed by atoms with Gasteiger partial charge in [-0.05, 0) is 29.8 Å². The van der Waals surface area contributed by atoms with Crippen molar-refractivity contribution < 1.29 is 4.74 Å². The van der Waals surface area contributed by atoms with Gasteiger partial charge in [-0.15, -0.1) is 0 Å². The third-order valence-electron chi connectivity index (χ3n) is 5.08. The first-order valence-corrected chi connectivity index (χ1v) is 8.75. The summed E-state index contributed by atoms with van der Waals surface area (Å²) in [6.07, 6.45) is 0. The van der Waals surface area contributed by atoms with E-state index in [9.17, 15) is 0 Å². The van der Waals surface area contributed by atoms with Gasteiger partial charge in [-0.25, -0.2) is 4.98 Å². The van der Waals surface area contributed by atoms with Crippen LogP contribution in [0.25, 0.3) is 11.0 Å². The minimum atomic E-state index is 0.347. The molecule has 1 saturated heterocycles. The molecule has 0 saturated carbocycles. The summed E-state index contributed by atoms with van der Waals surface area (Å²) >= 11 is 0. The van der Waals surface area contributed by atoms with Gasteiger partial charge in [0.05, 0.1) is 24.7 Å². The van der Waals surface area contributed by atoms with Crippen molar-refractivity contribution >= 4 is 11.0 Å². The largest absolute Gasteiger partial charge is 0.497 e. The Morgan fingerprint density at radius 3 is 2.72 bits per heavy atom. The summed E-state index contributed by atoms with van der Waals surface area (Å²) < 4.78 is 7.50. The number of imidazole rings is 1. The normalized spacial score (nSPS) is 18.6. The van der Waals surface area contributed by atoms with Gasteiger partial charge in [0.2, 0.25) is 0 Å². The third kappa shape index (κ3) is 3.13. The number of fused-ring (bicyclic) bond motifs is 1. The van der Waals surface area contributed by atoms with Gasteiger partial charge < -0.3 is 14.6 Å². The Labute approximate surface area is 148 Å². The van der Waals surface area contributed by atoms with Crippen LogP contribution in [-0.2, 0) is 13.6 Å². The van der Waals surface area contributed by atoms with E-state index in [0.717, 1.165) is 43.3 Å². The highest BCUT2D eigenvalue weighted by atomic mass is 16.5. The van der Waals surface area contributed by atoms with Gasteiger partial charge in [0.15, 0.2) is 0 Å². The quantitative estimate of drug-likeness (QED) is 0.795. The molecular formula is C20H24N4O. The van der Waals surface area contributed by atoms with Crippen molar-refractivity contribution in [2.24, 2.45) is 7.05 Å². The Balaban J connectivity index is 1.60. The van der Waals surface area contributed by atoms with Crippen molar-refractivity contribution in [2.45, 2.75) is 12.6 Å². The second-order valence-electron chi connectivity index (χ2n) is 6.54. The molecule has 0 bridgehead atoms. The van der Waals surface area contributed by atoms with Crippen LogP contribution in [0, 0.1) is 0 Å². The fraction of sp³-hybridized carbons (Fsp3) is 0.350. The second kappa shape index (κ2) is 6.86. The first-order valence-electron chi connectivity index (χ1n) is 8.75. The van der Waals surface area contributed by atoms with Crippen LogP contribution in [0.5, 0.6) is 5.75 Å². The van der Waals surface area contributed by atoms with E-state index >= 15 is 0 Å². The molecular weight excluding hydrogens is 312 g/mol. The van der Waals surface area contributed by atoms with Crippen molar-refractivity contribution in [3.05, 3.63) is 59.9 Å². The first kappa shape index (κ1) is 16.1. The number of ether oxygens (including phenoxy) is 1. The lowest BCUT2D eigenvalue weighted by molar-refractivity contribution is 0.149. The van der Waals surface area contributed by atoms with Gasteiger partial charge in [-0.2, -0.15) is 0 Å². The number of rotatable bonds is 4. The topological polar surface area (TPSA) is 42.3 Å². The molecule has 4 rings (SSSR count). The van der Waals surface area contributed by atoms with Gasteiger partial charge in [-0.1, -0.05) is 24.3 Å². The van der Waals surface area contributed by atoms with Crippen molar-refractivity contribution in [3.8, 4) is 5.75 Å². The summed E-state index contributed by atoms with van der Waals surface area (Å²) in [7, 11) is 3.81. The molecule has 1 atom stereocenters. The number of aromatic nitrogens is 2. The maximum absolute atomic E-state index is 5.29. The van der Waals surface area contributed by atoms with Gasteiger partial charge in [0.1, 0.15) is 11.6 Å². The van der Waals surface area contributed by atoms with Gasteiger partial charge in [-0.3, -0.25) is 4.90 Å². The molecule has 2 aromatic carbocycles. The lowest BCUT2D eigenvalue weighted by Gasteiger charge is -2.36. The molecule has 0 radical (unpaired) electrons. The predicted octanol–water partition coefficient (Wildman–Crippen LogP) is 2.73. The lowest BCUT2D eigenvalue weighted by Crippen LogP contribution is -2.45. The number of methoxy groups -OCH3 is 1. The van der Waals surface area contributed by atoms with Crippen LogP contribution in [-0.4, -0.2) is 41.2 Å². The van der Waals surface area contributed by atoms with Gasteiger partial charge in [0, 0.05) is 32.7 Å². The van der Waals surface area contributed by atoms with Crippen LogP contribution >= 0.6 is 0 Å². The standard InChI is InChI=1S/C20H24N4O/c1-23-18-6-4-3-5-17(18)22-20(23)14-24-12-11-21-13-19(24)15-7-9-16(25-2)10-8-15/h3-10,19,21H,11-14H2,1-2H3. The van der Waals surface area contributed by atoms with Crippen molar-refractivity contribution in [1.82, 2.24) is 19.8 Å². The van der Waals surface area contributed by atoms with Gasteiger partial charge in [0.25, 0.3) is 0 Å². The highest BCUT2D eigenvalue weighted by Gasteiger charge is 2.25. The number of hydrogen-bond acceptors (Lipinski definition) is 4. The number of nitrogens with one attached hydrogen (secondary N) is 1. The summed E-state index contributed by atoms with van der Waals surface area (Å²) in [5.74, 6) is 2.01. The zero-order chi connectivity index (χ0) is 17.2. The third-order valence-corrected chi connectivity index (χ3v) is 5.08. The van der Waals surface area contributed by atoms with E-state index < -0.39 is 0 Å². The molecule has 0 aliphatic carbocycles. The molecule has 2 heterocycles. The number of para-hydroxylation sites is 2. The molecule has 0 spiro atoms. The van der Waals surface area contributed by atoms with Crippen LogP contribution in [0.2, 0.25) is 0 Å². The number of benzene rings is 2. The van der Waals surface area contributed by atoms with E-state index in [1.54, 1.807) is 7.11 Å². The Bertz CT molecular complexity index is 856. The zero-order valence-electron chi connectivity index (χ0n) is 14.8. The average molecular weight is 336 g/mol. The van der Waals surface area contributed by atoms with Crippen molar-refractivity contribution in [1.29, 1.82) is 0 Å². The van der Waals surface area contributed by atoms with E-state index in [1.165, 1.54) is 11.1 Å². The monoisotopic (exact) mass is 336 g/mol. The fourth-order valence-electron chi connectivity index (χ4n) is 3.61. The average Bonchev–Trinajstić information content (AvgIpc) is 2.98. The smallest absolute Gasteiger partial charge is 0.123 e. The number of aryl methyl sites for hydroxylation is 1. The zero-order valence-corrected chi connectivity index (χ0v) is 14.8. The summed E-state index contributed by atoms with van der Waals surface area (Å²) in [6.45, 7) is 3.83. The Morgan fingerprint density at radius 2 is 1.96 bits per heavy atom. The molecule has 130 valence electrons. The van der Waals surface area contributed by atoms with Crippen molar-refractivity contribution in [2.75, 3.05) is 26.7 Å². The van der Waals surface area contributed by atoms with Crippen LogP contribution < -0.4 is 10.1 Å². The molecule has 3 aromatic rings. The summed E-state index contributed by atoms with van der Waals surface area (Å²) in [4.78, 5) is 7.36. The molecule has 5 nitrogen and oxygen atoms in total. The molecule has 1 unspecified atom stereocenters. The Morgan fingerprint density at radius 1 is 1.16 bits per heavy atom. The molecule has 1 fully saturated rings. The molecule has 1 aliphatic heterocycles. The second-order valence-corrected chi connectivity index (χ2v) is 6.54.